The van der Waals surface area contributed by atoms with Crippen molar-refractivity contribution in [1.29, 1.82) is 0 Å². The molecule has 1 aliphatic heterocycles. The number of nitrogens with zero attached hydrogens (tertiary/aromatic N) is 4. The number of halogens is 1. The summed E-state index contributed by atoms with van der Waals surface area (Å²) in [6, 6.07) is 10.8. The largest absolute Gasteiger partial charge is 0.338 e. The number of pyridine rings is 1. The summed E-state index contributed by atoms with van der Waals surface area (Å²) in [5.41, 5.74) is 2.07. The van der Waals surface area contributed by atoms with Gasteiger partial charge in [0.05, 0.1) is 0 Å². The van der Waals surface area contributed by atoms with Crippen LogP contribution < -0.4 is 0 Å². The van der Waals surface area contributed by atoms with Gasteiger partial charge in [-0.3, -0.25) is 9.36 Å². The lowest BCUT2D eigenvalue weighted by Gasteiger charge is -2.35. The van der Waals surface area contributed by atoms with Crippen LogP contribution in [0.2, 0.25) is 0 Å². The van der Waals surface area contributed by atoms with Crippen LogP contribution >= 0.6 is 11.8 Å². The second-order valence-corrected chi connectivity index (χ2v) is 8.29. The molecule has 7 heteroatoms. The summed E-state index contributed by atoms with van der Waals surface area (Å²) in [6.45, 7) is 3.17. The van der Waals surface area contributed by atoms with Crippen molar-refractivity contribution in [1.82, 2.24) is 19.4 Å². The fourth-order valence-electron chi connectivity index (χ4n) is 3.93. The smallest absolute Gasteiger partial charge is 0.242 e. The minimum Gasteiger partial charge on any atom is -0.338 e. The number of fused-ring (bicyclic) bond motifs is 1. The molecule has 1 atom stereocenters. The molecule has 4 rings (SSSR count). The second-order valence-electron chi connectivity index (χ2n) is 7.35. The van der Waals surface area contributed by atoms with Crippen LogP contribution in [0.5, 0.6) is 0 Å². The first-order valence-corrected chi connectivity index (χ1v) is 11.1. The highest BCUT2D eigenvalue weighted by molar-refractivity contribution is 7.98. The molecule has 152 valence electrons. The van der Waals surface area contributed by atoms with E-state index < -0.39 is 0 Å². The van der Waals surface area contributed by atoms with E-state index in [0.717, 1.165) is 31.3 Å². The molecular formula is C22H25FN4OS. The van der Waals surface area contributed by atoms with Gasteiger partial charge in [-0.1, -0.05) is 36.9 Å². The lowest BCUT2D eigenvalue weighted by molar-refractivity contribution is -0.135. The predicted molar refractivity (Wildman–Crippen MR) is 113 cm³/mol. The Morgan fingerprint density at radius 2 is 2.10 bits per heavy atom. The van der Waals surface area contributed by atoms with Crippen molar-refractivity contribution < 1.29 is 9.18 Å². The van der Waals surface area contributed by atoms with Gasteiger partial charge in [0.1, 0.15) is 17.9 Å². The molecule has 0 bridgehead atoms. The third-order valence-electron chi connectivity index (χ3n) is 5.50. The molecular weight excluding hydrogens is 387 g/mol. The summed E-state index contributed by atoms with van der Waals surface area (Å²) in [5, 5.41) is 0.695. The van der Waals surface area contributed by atoms with Gasteiger partial charge >= 0.3 is 0 Å². The highest BCUT2D eigenvalue weighted by atomic mass is 32.2. The van der Waals surface area contributed by atoms with Crippen molar-refractivity contribution in [2.24, 2.45) is 0 Å². The first-order valence-electron chi connectivity index (χ1n) is 10.1. The normalized spacial score (nSPS) is 17.0. The van der Waals surface area contributed by atoms with Gasteiger partial charge in [-0.25, -0.2) is 14.4 Å². The van der Waals surface area contributed by atoms with Crippen LogP contribution in [0.1, 0.15) is 38.2 Å². The van der Waals surface area contributed by atoms with E-state index in [9.17, 15) is 9.18 Å². The molecule has 5 nitrogen and oxygen atoms in total. The summed E-state index contributed by atoms with van der Waals surface area (Å²) in [5.74, 6) is 0.330. The Morgan fingerprint density at radius 1 is 1.24 bits per heavy atom. The molecule has 0 saturated carbocycles. The molecule has 0 aliphatic carbocycles. The zero-order chi connectivity index (χ0) is 20.2. The van der Waals surface area contributed by atoms with Gasteiger partial charge in [-0.2, -0.15) is 0 Å². The number of carbonyl (C=O) groups excluding carboxylic acids is 1. The van der Waals surface area contributed by atoms with E-state index in [1.54, 1.807) is 18.3 Å². The number of rotatable bonds is 6. The van der Waals surface area contributed by atoms with Gasteiger partial charge < -0.3 is 4.90 Å². The van der Waals surface area contributed by atoms with E-state index in [2.05, 4.69) is 16.9 Å². The molecule has 1 amide bonds. The molecule has 1 aliphatic rings. The average Bonchev–Trinajstić information content (AvgIpc) is 3.10. The quantitative estimate of drug-likeness (QED) is 0.553. The highest BCUT2D eigenvalue weighted by Crippen LogP contribution is 2.28. The number of amides is 1. The molecule has 3 heterocycles. The highest BCUT2D eigenvalue weighted by Gasteiger charge is 2.26. The predicted octanol–water partition coefficient (Wildman–Crippen LogP) is 4.65. The minimum atomic E-state index is -0.226. The Bertz CT molecular complexity index is 1010. The van der Waals surface area contributed by atoms with Crippen LogP contribution in [0.4, 0.5) is 4.39 Å². The van der Waals surface area contributed by atoms with E-state index in [4.69, 9.17) is 0 Å². The number of thioether (sulfide) groups is 1. The van der Waals surface area contributed by atoms with Gasteiger partial charge in [0.25, 0.3) is 0 Å². The van der Waals surface area contributed by atoms with Crippen molar-refractivity contribution in [3.63, 3.8) is 0 Å². The average molecular weight is 413 g/mol. The summed E-state index contributed by atoms with van der Waals surface area (Å²) in [4.78, 5) is 24.3. The number of carbonyl (C=O) groups is 1. The van der Waals surface area contributed by atoms with Crippen LogP contribution in [-0.2, 0) is 17.1 Å². The number of hydrogen-bond donors (Lipinski definition) is 0. The topological polar surface area (TPSA) is 51.0 Å². The van der Waals surface area contributed by atoms with Gasteiger partial charge in [0.2, 0.25) is 5.91 Å². The van der Waals surface area contributed by atoms with E-state index in [-0.39, 0.29) is 18.3 Å². The van der Waals surface area contributed by atoms with Crippen LogP contribution in [0.3, 0.4) is 0 Å². The van der Waals surface area contributed by atoms with Crippen molar-refractivity contribution in [2.75, 3.05) is 6.54 Å². The van der Waals surface area contributed by atoms with Gasteiger partial charge in [0.15, 0.2) is 10.8 Å². The zero-order valence-electron chi connectivity index (χ0n) is 16.6. The summed E-state index contributed by atoms with van der Waals surface area (Å²) in [6.07, 6.45) is 6.00. The summed E-state index contributed by atoms with van der Waals surface area (Å²) in [7, 11) is 0. The fourth-order valence-corrected chi connectivity index (χ4v) is 4.92. The summed E-state index contributed by atoms with van der Waals surface area (Å²) < 4.78 is 15.9. The molecule has 0 unspecified atom stereocenters. The number of likely N-dealkylation sites (tertiary alicyclic amines) is 1. The van der Waals surface area contributed by atoms with Crippen LogP contribution in [0, 0.1) is 5.82 Å². The van der Waals surface area contributed by atoms with E-state index in [1.165, 1.54) is 24.2 Å². The minimum absolute atomic E-state index is 0.106. The van der Waals surface area contributed by atoms with E-state index >= 15 is 0 Å². The first kappa shape index (κ1) is 19.9. The van der Waals surface area contributed by atoms with Crippen molar-refractivity contribution >= 4 is 28.8 Å². The third-order valence-corrected chi connectivity index (χ3v) is 6.52. The summed E-state index contributed by atoms with van der Waals surface area (Å²) >= 11 is 1.44. The molecule has 1 fully saturated rings. The van der Waals surface area contributed by atoms with Crippen LogP contribution in [0.15, 0.2) is 47.8 Å². The Labute approximate surface area is 174 Å². The van der Waals surface area contributed by atoms with Gasteiger partial charge in [0, 0.05) is 24.5 Å². The first-order chi connectivity index (χ1) is 14.2. The molecule has 29 heavy (non-hydrogen) atoms. The maximum atomic E-state index is 14.0. The monoisotopic (exact) mass is 412 g/mol. The van der Waals surface area contributed by atoms with Gasteiger partial charge in [-0.15, -0.1) is 0 Å². The molecule has 0 radical (unpaired) electrons. The Hall–Kier alpha value is -2.41. The van der Waals surface area contributed by atoms with Crippen molar-refractivity contribution in [3.05, 3.63) is 54.0 Å². The number of piperidine rings is 1. The SMILES string of the molecule is CC[C@@H]1CCCCN1C(=O)Cn1c(SCc2ccccc2F)nc2cccnc21. The molecule has 2 aromatic heterocycles. The molecule has 0 N–H and O–H groups in total. The molecule has 0 spiro atoms. The van der Waals surface area contributed by atoms with E-state index in [0.29, 0.717) is 28.2 Å². The van der Waals surface area contributed by atoms with Crippen molar-refractivity contribution in [3.8, 4) is 0 Å². The Balaban J connectivity index is 1.59. The lowest BCUT2D eigenvalue weighted by atomic mass is 10.00. The standard InChI is InChI=1S/C22H25FN4OS/c1-2-17-9-5-6-13-26(17)20(28)14-27-21-19(11-7-12-24-21)25-22(27)29-15-16-8-3-4-10-18(16)23/h3-4,7-8,10-12,17H,2,5-6,9,13-15H2,1H3/t17-/m1/s1. The molecule has 1 saturated heterocycles. The maximum Gasteiger partial charge on any atom is 0.242 e. The number of hydrogen-bond acceptors (Lipinski definition) is 4. The number of benzene rings is 1. The Morgan fingerprint density at radius 3 is 2.93 bits per heavy atom. The Kier molecular flexibility index (Phi) is 6.13. The van der Waals surface area contributed by atoms with Crippen molar-refractivity contribution in [2.45, 2.75) is 56.1 Å². The third kappa shape index (κ3) is 4.29. The lowest BCUT2D eigenvalue weighted by Crippen LogP contribution is -2.44. The zero-order valence-corrected chi connectivity index (χ0v) is 17.4. The number of imidazole rings is 1. The number of aromatic nitrogens is 3. The maximum absolute atomic E-state index is 14.0. The van der Waals surface area contributed by atoms with Crippen LogP contribution in [0.25, 0.3) is 11.2 Å². The fraction of sp³-hybridized carbons (Fsp3) is 0.409. The molecule has 1 aromatic carbocycles. The van der Waals surface area contributed by atoms with Gasteiger partial charge in [-0.05, 0) is 49.4 Å². The van der Waals surface area contributed by atoms with E-state index in [1.807, 2.05) is 27.7 Å². The second kappa shape index (κ2) is 8.95. The molecule has 3 aromatic rings. The van der Waals surface area contributed by atoms with Crippen LogP contribution in [-0.4, -0.2) is 37.9 Å².